The number of carbonyl (C=O) groups is 1. The van der Waals surface area contributed by atoms with Crippen LogP contribution in [0.5, 0.6) is 0 Å². The molecule has 0 unspecified atom stereocenters. The predicted octanol–water partition coefficient (Wildman–Crippen LogP) is 0.843. The Balaban J connectivity index is 0.00000242. The zero-order valence-corrected chi connectivity index (χ0v) is 14.3. The zero-order valence-electron chi connectivity index (χ0n) is 12.7. The number of anilines is 1. The number of hydrogen-bond donors (Lipinski definition) is 2. The molecule has 1 amide bonds. The second-order valence-corrected chi connectivity index (χ2v) is 7.14. The van der Waals surface area contributed by atoms with Crippen LogP contribution in [-0.2, 0) is 21.2 Å². The second kappa shape index (κ2) is 7.80. The van der Waals surface area contributed by atoms with Gasteiger partial charge in [-0.2, -0.15) is 0 Å². The first-order valence-electron chi connectivity index (χ1n) is 6.92. The molecule has 0 saturated carbocycles. The highest BCUT2D eigenvalue weighted by molar-refractivity contribution is 7.92. The maximum atomic E-state index is 12.3. The number of rotatable bonds is 4. The van der Waals surface area contributed by atoms with E-state index >= 15 is 0 Å². The van der Waals surface area contributed by atoms with Crippen molar-refractivity contribution in [2.75, 3.05) is 30.6 Å². The molecule has 1 saturated heterocycles. The number of piperazine rings is 1. The van der Waals surface area contributed by atoms with Crippen molar-refractivity contribution in [3.8, 4) is 0 Å². The number of amides is 1. The van der Waals surface area contributed by atoms with Crippen molar-refractivity contribution in [2.24, 2.45) is 0 Å². The fraction of sp³-hybridized carbons (Fsp3) is 0.500. The van der Waals surface area contributed by atoms with Crippen LogP contribution in [0.25, 0.3) is 0 Å². The van der Waals surface area contributed by atoms with Gasteiger partial charge in [-0.05, 0) is 24.6 Å². The summed E-state index contributed by atoms with van der Waals surface area (Å²) in [6, 6.07) is 7.13. The largest absolute Gasteiger partial charge is 0.337 e. The van der Waals surface area contributed by atoms with E-state index < -0.39 is 10.0 Å². The standard InChI is InChI=1S/C14H21N3O3S.ClH/c1-11-10-15-6-7-17(11)14(18)9-12-4-3-5-13(8-12)16-21(2,19)20;/h3-5,8,11,15-16H,6-7,9-10H2,1-2H3;1H/t11-;/m1./s1. The van der Waals surface area contributed by atoms with Crippen LogP contribution in [0, 0.1) is 0 Å². The van der Waals surface area contributed by atoms with Crippen molar-refractivity contribution in [1.29, 1.82) is 0 Å². The highest BCUT2D eigenvalue weighted by atomic mass is 35.5. The lowest BCUT2D eigenvalue weighted by molar-refractivity contribution is -0.133. The second-order valence-electron chi connectivity index (χ2n) is 5.39. The van der Waals surface area contributed by atoms with E-state index in [2.05, 4.69) is 10.0 Å². The Bertz CT molecular complexity index is 622. The molecule has 1 aromatic rings. The van der Waals surface area contributed by atoms with E-state index in [-0.39, 0.29) is 30.8 Å². The summed E-state index contributed by atoms with van der Waals surface area (Å²) in [6.45, 7) is 4.35. The van der Waals surface area contributed by atoms with Gasteiger partial charge in [0.2, 0.25) is 15.9 Å². The Hall–Kier alpha value is -1.31. The summed E-state index contributed by atoms with van der Waals surface area (Å²) in [7, 11) is -3.31. The van der Waals surface area contributed by atoms with Crippen molar-refractivity contribution >= 4 is 34.0 Å². The van der Waals surface area contributed by atoms with Gasteiger partial charge in [0.05, 0.1) is 12.7 Å². The first kappa shape index (κ1) is 18.7. The molecule has 0 radical (unpaired) electrons. The molecule has 0 aromatic heterocycles. The molecular weight excluding hydrogens is 326 g/mol. The van der Waals surface area contributed by atoms with Crippen LogP contribution in [0.2, 0.25) is 0 Å². The summed E-state index contributed by atoms with van der Waals surface area (Å²) in [5, 5.41) is 3.25. The molecule has 1 fully saturated rings. The molecule has 1 aliphatic rings. The minimum absolute atomic E-state index is 0. The molecule has 0 aliphatic carbocycles. The molecule has 0 spiro atoms. The van der Waals surface area contributed by atoms with Gasteiger partial charge in [0.15, 0.2) is 0 Å². The minimum Gasteiger partial charge on any atom is -0.337 e. The lowest BCUT2D eigenvalue weighted by Crippen LogP contribution is -2.52. The molecular formula is C14H22ClN3O3S. The monoisotopic (exact) mass is 347 g/mol. The molecule has 6 nitrogen and oxygen atoms in total. The quantitative estimate of drug-likeness (QED) is 0.846. The molecule has 1 heterocycles. The van der Waals surface area contributed by atoms with E-state index in [1.54, 1.807) is 18.2 Å². The van der Waals surface area contributed by atoms with Crippen LogP contribution in [0.4, 0.5) is 5.69 Å². The summed E-state index contributed by atoms with van der Waals surface area (Å²) in [5.41, 5.74) is 1.29. The van der Waals surface area contributed by atoms with Crippen molar-refractivity contribution < 1.29 is 13.2 Å². The highest BCUT2D eigenvalue weighted by Gasteiger charge is 2.22. The Kier molecular flexibility index (Phi) is 6.65. The number of sulfonamides is 1. The van der Waals surface area contributed by atoms with Gasteiger partial charge in [-0.15, -0.1) is 12.4 Å². The SMILES string of the molecule is C[C@@H]1CNCCN1C(=O)Cc1cccc(NS(C)(=O)=O)c1.Cl. The Labute approximate surface area is 137 Å². The summed E-state index contributed by atoms with van der Waals surface area (Å²) in [4.78, 5) is 14.2. The number of nitrogens with one attached hydrogen (secondary N) is 2. The first-order chi connectivity index (χ1) is 9.85. The van der Waals surface area contributed by atoms with Gasteiger partial charge in [-0.1, -0.05) is 12.1 Å². The van der Waals surface area contributed by atoms with E-state index in [0.717, 1.165) is 24.9 Å². The van der Waals surface area contributed by atoms with Crippen LogP contribution in [-0.4, -0.2) is 51.2 Å². The third kappa shape index (κ3) is 5.47. The minimum atomic E-state index is -3.31. The van der Waals surface area contributed by atoms with E-state index in [0.29, 0.717) is 12.2 Å². The summed E-state index contributed by atoms with van der Waals surface area (Å²) in [6.07, 6.45) is 1.39. The van der Waals surface area contributed by atoms with Crippen LogP contribution >= 0.6 is 12.4 Å². The Morgan fingerprint density at radius 3 is 2.82 bits per heavy atom. The molecule has 22 heavy (non-hydrogen) atoms. The summed E-state index contributed by atoms with van der Waals surface area (Å²) in [5.74, 6) is 0.0699. The smallest absolute Gasteiger partial charge is 0.229 e. The number of hydrogen-bond acceptors (Lipinski definition) is 4. The Morgan fingerprint density at radius 2 is 2.18 bits per heavy atom. The van der Waals surface area contributed by atoms with Gasteiger partial charge in [0.25, 0.3) is 0 Å². The van der Waals surface area contributed by atoms with Crippen LogP contribution < -0.4 is 10.0 Å². The number of nitrogens with zero attached hydrogens (tertiary/aromatic N) is 1. The van der Waals surface area contributed by atoms with Gasteiger partial charge in [0, 0.05) is 31.4 Å². The van der Waals surface area contributed by atoms with Gasteiger partial charge in [-0.25, -0.2) is 8.42 Å². The van der Waals surface area contributed by atoms with Crippen molar-refractivity contribution in [2.45, 2.75) is 19.4 Å². The number of benzene rings is 1. The molecule has 1 atom stereocenters. The van der Waals surface area contributed by atoms with Crippen LogP contribution in [0.1, 0.15) is 12.5 Å². The van der Waals surface area contributed by atoms with Crippen molar-refractivity contribution in [1.82, 2.24) is 10.2 Å². The maximum absolute atomic E-state index is 12.3. The molecule has 1 aliphatic heterocycles. The van der Waals surface area contributed by atoms with E-state index in [1.165, 1.54) is 0 Å². The van der Waals surface area contributed by atoms with E-state index in [1.807, 2.05) is 17.9 Å². The van der Waals surface area contributed by atoms with Gasteiger partial charge >= 0.3 is 0 Å². The van der Waals surface area contributed by atoms with Crippen molar-refractivity contribution in [3.63, 3.8) is 0 Å². The predicted molar refractivity (Wildman–Crippen MR) is 89.9 cm³/mol. The van der Waals surface area contributed by atoms with Gasteiger partial charge in [-0.3, -0.25) is 9.52 Å². The third-order valence-electron chi connectivity index (χ3n) is 3.41. The van der Waals surface area contributed by atoms with Gasteiger partial charge in [0.1, 0.15) is 0 Å². The van der Waals surface area contributed by atoms with E-state index in [4.69, 9.17) is 0 Å². The Morgan fingerprint density at radius 1 is 1.45 bits per heavy atom. The van der Waals surface area contributed by atoms with Crippen LogP contribution in [0.3, 0.4) is 0 Å². The van der Waals surface area contributed by atoms with Gasteiger partial charge < -0.3 is 10.2 Å². The highest BCUT2D eigenvalue weighted by Crippen LogP contribution is 2.14. The molecule has 2 rings (SSSR count). The average Bonchev–Trinajstić information content (AvgIpc) is 2.37. The molecule has 2 N–H and O–H groups in total. The first-order valence-corrected chi connectivity index (χ1v) is 8.81. The third-order valence-corrected chi connectivity index (χ3v) is 4.01. The summed E-state index contributed by atoms with van der Waals surface area (Å²) >= 11 is 0. The zero-order chi connectivity index (χ0) is 15.5. The topological polar surface area (TPSA) is 78.5 Å². The van der Waals surface area contributed by atoms with E-state index in [9.17, 15) is 13.2 Å². The number of carbonyl (C=O) groups excluding carboxylic acids is 1. The fourth-order valence-electron chi connectivity index (χ4n) is 2.45. The summed E-state index contributed by atoms with van der Waals surface area (Å²) < 4.78 is 24.9. The lowest BCUT2D eigenvalue weighted by Gasteiger charge is -2.34. The average molecular weight is 348 g/mol. The molecule has 124 valence electrons. The number of halogens is 1. The maximum Gasteiger partial charge on any atom is 0.229 e. The normalized spacial score (nSPS) is 18.5. The lowest BCUT2D eigenvalue weighted by atomic mass is 10.1. The van der Waals surface area contributed by atoms with Crippen molar-refractivity contribution in [3.05, 3.63) is 29.8 Å². The van der Waals surface area contributed by atoms with Crippen LogP contribution in [0.15, 0.2) is 24.3 Å². The fourth-order valence-corrected chi connectivity index (χ4v) is 3.00. The molecule has 1 aromatic carbocycles. The molecule has 0 bridgehead atoms. The molecule has 8 heteroatoms.